The minimum Gasteiger partial charge on any atom is -0.419 e. The summed E-state index contributed by atoms with van der Waals surface area (Å²) < 4.78 is 11.9. The Morgan fingerprint density at radius 3 is 2.61 bits per heavy atom. The molecule has 1 aliphatic heterocycles. The Kier molecular flexibility index (Phi) is 4.11. The van der Waals surface area contributed by atoms with Gasteiger partial charge in [-0.1, -0.05) is 12.1 Å². The van der Waals surface area contributed by atoms with Crippen LogP contribution in [0.25, 0.3) is 16.9 Å². The molecule has 0 amide bonds. The zero-order chi connectivity index (χ0) is 19.9. The summed E-state index contributed by atoms with van der Waals surface area (Å²) in [6.07, 6.45) is 3.02. The lowest BCUT2D eigenvalue weighted by molar-refractivity contribution is -0.222. The third-order valence-electron chi connectivity index (χ3n) is 4.14. The summed E-state index contributed by atoms with van der Waals surface area (Å²) in [6.45, 7) is 4.91. The molecule has 2 aromatic heterocycles. The van der Waals surface area contributed by atoms with Crippen molar-refractivity contribution in [1.82, 2.24) is 14.6 Å². The van der Waals surface area contributed by atoms with Crippen LogP contribution in [-0.4, -0.2) is 32.3 Å². The van der Waals surface area contributed by atoms with Crippen LogP contribution in [-0.2, 0) is 19.1 Å². The molecule has 0 unspecified atom stereocenters. The minimum atomic E-state index is -1.26. The molecule has 0 spiro atoms. The van der Waals surface area contributed by atoms with Crippen molar-refractivity contribution in [3.05, 3.63) is 60.1 Å². The predicted molar refractivity (Wildman–Crippen MR) is 101 cm³/mol. The summed E-state index contributed by atoms with van der Waals surface area (Å²) in [5.41, 5.74) is 3.88. The molecule has 142 valence electrons. The van der Waals surface area contributed by atoms with Crippen molar-refractivity contribution in [3.63, 3.8) is 0 Å². The molecule has 8 heteroatoms. The number of hydrogen-bond donors (Lipinski definition) is 1. The van der Waals surface area contributed by atoms with Crippen molar-refractivity contribution in [2.24, 2.45) is 0 Å². The molecular formula is C20H18N4O4. The van der Waals surface area contributed by atoms with Crippen LogP contribution in [0.15, 0.2) is 54.4 Å². The summed E-state index contributed by atoms with van der Waals surface area (Å²) in [5, 5.41) is 7.43. The third kappa shape index (κ3) is 3.32. The van der Waals surface area contributed by atoms with E-state index in [1.807, 2.05) is 43.3 Å². The lowest BCUT2D eigenvalue weighted by atomic mass is 10.1. The first-order valence-corrected chi connectivity index (χ1v) is 8.68. The summed E-state index contributed by atoms with van der Waals surface area (Å²) in [7, 11) is 0. The zero-order valence-corrected chi connectivity index (χ0v) is 15.6. The van der Waals surface area contributed by atoms with Crippen molar-refractivity contribution in [2.75, 3.05) is 5.32 Å². The molecule has 1 aliphatic rings. The van der Waals surface area contributed by atoms with E-state index in [0.29, 0.717) is 5.69 Å². The summed E-state index contributed by atoms with van der Waals surface area (Å²) in [6, 6.07) is 11.3. The molecule has 3 aromatic rings. The van der Waals surface area contributed by atoms with E-state index >= 15 is 0 Å². The van der Waals surface area contributed by atoms with E-state index < -0.39 is 17.7 Å². The second-order valence-electron chi connectivity index (χ2n) is 6.85. The van der Waals surface area contributed by atoms with Gasteiger partial charge in [-0.3, -0.25) is 0 Å². The number of nitrogens with zero attached hydrogens (tertiary/aromatic N) is 3. The van der Waals surface area contributed by atoms with Crippen molar-refractivity contribution >= 4 is 23.3 Å². The molecule has 1 aromatic carbocycles. The van der Waals surface area contributed by atoms with E-state index in [1.54, 1.807) is 10.7 Å². The molecule has 0 aliphatic carbocycles. The average molecular weight is 378 g/mol. The lowest BCUT2D eigenvalue weighted by Crippen LogP contribution is -2.42. The van der Waals surface area contributed by atoms with E-state index in [1.165, 1.54) is 20.0 Å². The fourth-order valence-electron chi connectivity index (χ4n) is 2.93. The molecule has 1 saturated heterocycles. The highest BCUT2D eigenvalue weighted by Gasteiger charge is 2.38. The van der Waals surface area contributed by atoms with Crippen LogP contribution in [0.4, 0.5) is 5.69 Å². The van der Waals surface area contributed by atoms with Gasteiger partial charge in [0.1, 0.15) is 0 Å². The van der Waals surface area contributed by atoms with Gasteiger partial charge < -0.3 is 14.8 Å². The smallest absolute Gasteiger partial charge is 0.350 e. The molecule has 8 nitrogen and oxygen atoms in total. The van der Waals surface area contributed by atoms with E-state index in [2.05, 4.69) is 15.4 Å². The van der Waals surface area contributed by atoms with Crippen LogP contribution in [0.3, 0.4) is 0 Å². The highest BCUT2D eigenvalue weighted by molar-refractivity contribution is 6.15. The molecule has 3 heterocycles. The number of carbonyl (C=O) groups excluding carboxylic acids is 2. The van der Waals surface area contributed by atoms with Crippen LogP contribution in [0.2, 0.25) is 0 Å². The fraction of sp³-hybridized carbons (Fsp3) is 0.200. The third-order valence-corrected chi connectivity index (χ3v) is 4.14. The largest absolute Gasteiger partial charge is 0.419 e. The van der Waals surface area contributed by atoms with Crippen LogP contribution >= 0.6 is 0 Å². The normalized spacial score (nSPS) is 15.9. The van der Waals surface area contributed by atoms with Crippen molar-refractivity contribution in [3.8, 4) is 11.3 Å². The number of aryl methyl sites for hydroxylation is 1. The fourth-order valence-corrected chi connectivity index (χ4v) is 2.93. The quantitative estimate of drug-likeness (QED) is 0.425. The Balaban J connectivity index is 1.63. The van der Waals surface area contributed by atoms with Crippen molar-refractivity contribution in [1.29, 1.82) is 0 Å². The van der Waals surface area contributed by atoms with Gasteiger partial charge in [0.2, 0.25) is 0 Å². The van der Waals surface area contributed by atoms with Gasteiger partial charge in [0.05, 0.1) is 11.4 Å². The van der Waals surface area contributed by atoms with Crippen molar-refractivity contribution < 1.29 is 19.1 Å². The number of ether oxygens (including phenoxy) is 2. The standard InChI is InChI=1S/C20H18N4O4/c1-12-9-17-21-8-7-16(24(17)23-12)13-5-4-6-14(10-13)22-11-15-18(25)27-20(2,3)28-19(15)26/h4-11,22H,1-3H3. The number of rotatable bonds is 3. The number of esters is 2. The predicted octanol–water partition coefficient (Wildman–Crippen LogP) is 2.84. The topological polar surface area (TPSA) is 94.8 Å². The first-order valence-electron chi connectivity index (χ1n) is 8.68. The maximum Gasteiger partial charge on any atom is 0.350 e. The second kappa shape index (κ2) is 6.49. The molecule has 28 heavy (non-hydrogen) atoms. The molecule has 1 N–H and O–H groups in total. The molecule has 0 bridgehead atoms. The maximum absolute atomic E-state index is 12.0. The second-order valence-corrected chi connectivity index (χ2v) is 6.85. The number of anilines is 1. The van der Waals surface area contributed by atoms with Crippen molar-refractivity contribution in [2.45, 2.75) is 26.6 Å². The first kappa shape index (κ1) is 17.7. The van der Waals surface area contributed by atoms with Gasteiger partial charge in [-0.2, -0.15) is 5.10 Å². The lowest BCUT2D eigenvalue weighted by Gasteiger charge is -2.29. The molecule has 4 rings (SSSR count). The van der Waals surface area contributed by atoms with Gasteiger partial charge in [-0.15, -0.1) is 0 Å². The molecule has 0 saturated carbocycles. The molecule has 0 radical (unpaired) electrons. The minimum absolute atomic E-state index is 0.196. The van der Waals surface area contributed by atoms with E-state index in [0.717, 1.165) is 22.6 Å². The summed E-state index contributed by atoms with van der Waals surface area (Å²) in [5.74, 6) is -2.72. The number of carbonyl (C=O) groups is 2. The highest BCUT2D eigenvalue weighted by atomic mass is 16.7. The van der Waals surface area contributed by atoms with Gasteiger partial charge in [-0.25, -0.2) is 19.1 Å². The number of hydrogen-bond acceptors (Lipinski definition) is 7. The van der Waals surface area contributed by atoms with Gasteiger partial charge >= 0.3 is 11.9 Å². The molecular weight excluding hydrogens is 360 g/mol. The summed E-state index contributed by atoms with van der Waals surface area (Å²) in [4.78, 5) is 28.4. The summed E-state index contributed by atoms with van der Waals surface area (Å²) >= 11 is 0. The maximum atomic E-state index is 12.0. The van der Waals surface area contributed by atoms with Crippen LogP contribution in [0, 0.1) is 6.92 Å². The number of fused-ring (bicyclic) bond motifs is 1. The number of cyclic esters (lactones) is 2. The van der Waals surface area contributed by atoms with E-state index in [-0.39, 0.29) is 5.57 Å². The van der Waals surface area contributed by atoms with Gasteiger partial charge in [0.15, 0.2) is 11.2 Å². The number of nitrogens with one attached hydrogen (secondary N) is 1. The van der Waals surface area contributed by atoms with E-state index in [9.17, 15) is 9.59 Å². The number of aromatic nitrogens is 3. The zero-order valence-electron chi connectivity index (χ0n) is 15.6. The molecule has 1 fully saturated rings. The Morgan fingerprint density at radius 2 is 1.86 bits per heavy atom. The van der Waals surface area contributed by atoms with E-state index in [4.69, 9.17) is 9.47 Å². The monoisotopic (exact) mass is 378 g/mol. The first-order chi connectivity index (χ1) is 13.3. The van der Waals surface area contributed by atoms with Crippen LogP contribution in [0.5, 0.6) is 0 Å². The number of benzene rings is 1. The van der Waals surface area contributed by atoms with Crippen LogP contribution in [0.1, 0.15) is 19.5 Å². The van der Waals surface area contributed by atoms with Gasteiger partial charge in [0.25, 0.3) is 5.79 Å². The Morgan fingerprint density at radius 1 is 1.11 bits per heavy atom. The Bertz CT molecular complexity index is 1110. The molecule has 0 atom stereocenters. The average Bonchev–Trinajstić information content (AvgIpc) is 3.00. The Hall–Kier alpha value is -3.68. The highest BCUT2D eigenvalue weighted by Crippen LogP contribution is 2.25. The van der Waals surface area contributed by atoms with Gasteiger partial charge in [-0.05, 0) is 25.1 Å². The van der Waals surface area contributed by atoms with Crippen LogP contribution < -0.4 is 5.32 Å². The van der Waals surface area contributed by atoms with Gasteiger partial charge in [0, 0.05) is 43.6 Å². The Labute approximate surface area is 160 Å². The SMILES string of the molecule is Cc1cc2nccc(-c3cccc(NC=C4C(=O)OC(C)(C)OC4=O)c3)n2n1.